The fourth-order valence-electron chi connectivity index (χ4n) is 1.74. The van der Waals surface area contributed by atoms with Crippen molar-refractivity contribution in [2.45, 2.75) is 6.61 Å². The highest BCUT2D eigenvalue weighted by atomic mass is 19.4. The van der Waals surface area contributed by atoms with E-state index in [2.05, 4.69) is 0 Å². The number of halogens is 5. The lowest BCUT2D eigenvalue weighted by atomic mass is 9.79. The number of rotatable bonds is 4. The Kier molecular flexibility index (Phi) is 3.97. The van der Waals surface area contributed by atoms with Gasteiger partial charge in [0.15, 0.2) is 0 Å². The van der Waals surface area contributed by atoms with Crippen molar-refractivity contribution in [1.29, 1.82) is 0 Å². The Morgan fingerprint density at radius 3 is 2.10 bits per heavy atom. The van der Waals surface area contributed by atoms with Gasteiger partial charge in [-0.3, -0.25) is 0 Å². The quantitative estimate of drug-likeness (QED) is 0.616. The predicted molar refractivity (Wildman–Crippen MR) is 65.8 cm³/mol. The molecule has 0 aliphatic heterocycles. The van der Waals surface area contributed by atoms with Gasteiger partial charge >= 0.3 is 6.98 Å². The molecule has 0 aliphatic carbocycles. The van der Waals surface area contributed by atoms with Gasteiger partial charge in [-0.2, -0.15) is 0 Å². The SMILES string of the molecule is Fc1cc(F)cc(COc2ccccc2[B-](F)(F)F)c1. The van der Waals surface area contributed by atoms with E-state index in [1.54, 1.807) is 0 Å². The van der Waals surface area contributed by atoms with Gasteiger partial charge in [0.25, 0.3) is 0 Å². The first-order valence-corrected chi connectivity index (χ1v) is 5.73. The highest BCUT2D eigenvalue weighted by molar-refractivity contribution is 6.74. The van der Waals surface area contributed by atoms with Crippen LogP contribution in [-0.2, 0) is 6.61 Å². The molecular formula is C13H9BF5O-. The largest absolute Gasteiger partial charge is 0.513 e. The zero-order chi connectivity index (χ0) is 14.8. The Labute approximate surface area is 112 Å². The Morgan fingerprint density at radius 1 is 0.900 bits per heavy atom. The van der Waals surface area contributed by atoms with Crippen molar-refractivity contribution in [3.05, 3.63) is 59.7 Å². The summed E-state index contributed by atoms with van der Waals surface area (Å²) in [5.74, 6) is -1.97. The van der Waals surface area contributed by atoms with Crippen LogP contribution in [0.1, 0.15) is 5.56 Å². The molecular weight excluding hydrogens is 278 g/mol. The molecule has 0 unspecified atom stereocenters. The minimum Gasteiger partial charge on any atom is -0.492 e. The Morgan fingerprint density at radius 2 is 1.50 bits per heavy atom. The standard InChI is InChI=1S/C13H9BF5O/c15-10-5-9(6-11(16)7-10)8-20-13-4-2-1-3-12(13)14(17,18)19/h1-7H,8H2/q-1. The number of benzene rings is 2. The molecule has 0 heterocycles. The third-order valence-corrected chi connectivity index (χ3v) is 2.59. The van der Waals surface area contributed by atoms with Gasteiger partial charge in [0, 0.05) is 6.07 Å². The molecule has 1 nitrogen and oxygen atoms in total. The third-order valence-electron chi connectivity index (χ3n) is 2.59. The molecule has 106 valence electrons. The topological polar surface area (TPSA) is 9.23 Å². The van der Waals surface area contributed by atoms with Gasteiger partial charge in [0.1, 0.15) is 18.2 Å². The lowest BCUT2D eigenvalue weighted by Crippen LogP contribution is -2.35. The summed E-state index contributed by atoms with van der Waals surface area (Å²) < 4.78 is 69.2. The summed E-state index contributed by atoms with van der Waals surface area (Å²) in [5.41, 5.74) is -0.753. The van der Waals surface area contributed by atoms with E-state index >= 15 is 0 Å². The average Bonchev–Trinajstić information content (AvgIpc) is 2.34. The Hall–Kier alpha value is -2.05. The normalized spacial score (nSPS) is 11.4. The second-order valence-corrected chi connectivity index (χ2v) is 4.18. The molecule has 20 heavy (non-hydrogen) atoms. The van der Waals surface area contributed by atoms with Crippen LogP contribution >= 0.6 is 0 Å². The van der Waals surface area contributed by atoms with Crippen molar-refractivity contribution < 1.29 is 26.5 Å². The van der Waals surface area contributed by atoms with Gasteiger partial charge in [-0.15, -0.1) is 0 Å². The monoisotopic (exact) mass is 287 g/mol. The minimum absolute atomic E-state index is 0.118. The Bertz CT molecular complexity index is 592. The van der Waals surface area contributed by atoms with Gasteiger partial charge in [-0.1, -0.05) is 23.7 Å². The third kappa shape index (κ3) is 3.49. The molecule has 0 fully saturated rings. The number of ether oxygens (including phenoxy) is 1. The molecule has 0 spiro atoms. The van der Waals surface area contributed by atoms with E-state index in [-0.39, 0.29) is 17.9 Å². The molecule has 0 aliphatic rings. The number of para-hydroxylation sites is 1. The fourth-order valence-corrected chi connectivity index (χ4v) is 1.74. The first-order chi connectivity index (χ1) is 9.36. The van der Waals surface area contributed by atoms with Gasteiger partial charge in [-0.05, 0) is 23.8 Å². The molecule has 2 rings (SSSR count). The van der Waals surface area contributed by atoms with Crippen molar-refractivity contribution in [2.24, 2.45) is 0 Å². The zero-order valence-corrected chi connectivity index (χ0v) is 10.1. The van der Waals surface area contributed by atoms with Crippen LogP contribution in [0.15, 0.2) is 42.5 Å². The maximum atomic E-state index is 12.9. The van der Waals surface area contributed by atoms with E-state index in [4.69, 9.17) is 4.74 Å². The molecule has 0 atom stereocenters. The molecule has 0 aromatic heterocycles. The van der Waals surface area contributed by atoms with E-state index in [1.165, 1.54) is 18.2 Å². The molecule has 2 aromatic carbocycles. The molecule has 2 aromatic rings. The van der Waals surface area contributed by atoms with Crippen LogP contribution in [0.5, 0.6) is 5.75 Å². The summed E-state index contributed by atoms with van der Waals surface area (Å²) in [4.78, 5) is 0. The summed E-state index contributed by atoms with van der Waals surface area (Å²) in [6.45, 7) is -5.56. The predicted octanol–water partition coefficient (Wildman–Crippen LogP) is 3.60. The van der Waals surface area contributed by atoms with E-state index in [0.29, 0.717) is 6.07 Å². The molecule has 0 N–H and O–H groups in total. The van der Waals surface area contributed by atoms with Crippen LogP contribution in [0.2, 0.25) is 0 Å². The van der Waals surface area contributed by atoms with Gasteiger partial charge in [0.05, 0.1) is 5.75 Å². The highest BCUT2D eigenvalue weighted by Gasteiger charge is 2.28. The summed E-state index contributed by atoms with van der Waals surface area (Å²) in [6, 6.07) is 7.40. The van der Waals surface area contributed by atoms with Crippen LogP contribution in [0.3, 0.4) is 0 Å². The van der Waals surface area contributed by atoms with Crippen LogP contribution < -0.4 is 10.2 Å². The second-order valence-electron chi connectivity index (χ2n) is 4.18. The van der Waals surface area contributed by atoms with Crippen LogP contribution in [0.25, 0.3) is 0 Å². The summed E-state index contributed by atoms with van der Waals surface area (Å²) in [7, 11) is 0. The highest BCUT2D eigenvalue weighted by Crippen LogP contribution is 2.19. The van der Waals surface area contributed by atoms with Gasteiger partial charge < -0.3 is 17.7 Å². The summed E-state index contributed by atoms with van der Waals surface area (Å²) in [6.07, 6.45) is 0. The molecule has 7 heteroatoms. The van der Waals surface area contributed by atoms with Crippen molar-refractivity contribution in [2.75, 3.05) is 0 Å². The average molecular weight is 287 g/mol. The van der Waals surface area contributed by atoms with E-state index in [9.17, 15) is 21.7 Å². The van der Waals surface area contributed by atoms with Crippen molar-refractivity contribution >= 4 is 12.4 Å². The van der Waals surface area contributed by atoms with Crippen molar-refractivity contribution in [1.82, 2.24) is 0 Å². The maximum Gasteiger partial charge on any atom is 0.513 e. The summed E-state index contributed by atoms with van der Waals surface area (Å²) >= 11 is 0. The molecule has 0 radical (unpaired) electrons. The van der Waals surface area contributed by atoms with Crippen LogP contribution in [-0.4, -0.2) is 6.98 Å². The van der Waals surface area contributed by atoms with Crippen molar-refractivity contribution in [3.63, 3.8) is 0 Å². The van der Waals surface area contributed by atoms with E-state index < -0.39 is 24.1 Å². The summed E-state index contributed by atoms with van der Waals surface area (Å²) in [5, 5.41) is 0. The van der Waals surface area contributed by atoms with Crippen LogP contribution in [0.4, 0.5) is 21.7 Å². The first-order valence-electron chi connectivity index (χ1n) is 5.73. The van der Waals surface area contributed by atoms with E-state index in [0.717, 1.165) is 18.2 Å². The molecule has 0 saturated carbocycles. The number of hydrogen-bond donors (Lipinski definition) is 0. The van der Waals surface area contributed by atoms with Gasteiger partial charge in [0.2, 0.25) is 0 Å². The lowest BCUT2D eigenvalue weighted by Gasteiger charge is -2.19. The zero-order valence-electron chi connectivity index (χ0n) is 10.1. The Balaban J connectivity index is 2.19. The maximum absolute atomic E-state index is 12.9. The number of hydrogen-bond acceptors (Lipinski definition) is 1. The van der Waals surface area contributed by atoms with Crippen molar-refractivity contribution in [3.8, 4) is 5.75 Å². The second kappa shape index (κ2) is 5.52. The minimum atomic E-state index is -5.21. The van der Waals surface area contributed by atoms with E-state index in [1.807, 2.05) is 0 Å². The fraction of sp³-hybridized carbons (Fsp3) is 0.0769. The lowest BCUT2D eigenvalue weighted by molar-refractivity contribution is 0.305. The first kappa shape index (κ1) is 14.4. The van der Waals surface area contributed by atoms with Gasteiger partial charge in [-0.25, -0.2) is 8.78 Å². The molecule has 0 saturated heterocycles. The smallest absolute Gasteiger partial charge is 0.492 e. The molecule has 0 bridgehead atoms. The van der Waals surface area contributed by atoms with Crippen LogP contribution in [0, 0.1) is 11.6 Å². The molecule has 0 amide bonds.